The van der Waals surface area contributed by atoms with Crippen LogP contribution in [0.1, 0.15) is 47.0 Å². The fraction of sp³-hybridized carbons (Fsp3) is 0.571. The van der Waals surface area contributed by atoms with E-state index in [1.54, 1.807) is 6.20 Å². The van der Waals surface area contributed by atoms with Gasteiger partial charge < -0.3 is 15.4 Å². The maximum absolute atomic E-state index is 12.1. The molecule has 0 aromatic heterocycles. The Hall–Kier alpha value is -2.37. The zero-order valence-corrected chi connectivity index (χ0v) is 16.7. The number of nitrogens with zero attached hydrogens (tertiary/aromatic N) is 1. The van der Waals surface area contributed by atoms with Crippen molar-refractivity contribution < 1.29 is 14.3 Å². The molecule has 2 aliphatic rings. The van der Waals surface area contributed by atoms with Crippen LogP contribution in [-0.4, -0.2) is 35.9 Å². The first-order valence-electron chi connectivity index (χ1n) is 9.49. The average Bonchev–Trinajstić information content (AvgIpc) is 3.34. The van der Waals surface area contributed by atoms with Gasteiger partial charge in [0.25, 0.3) is 0 Å². The van der Waals surface area contributed by atoms with Gasteiger partial charge in [0.1, 0.15) is 5.60 Å². The Balaban J connectivity index is 2.10. The van der Waals surface area contributed by atoms with Gasteiger partial charge in [-0.3, -0.25) is 9.79 Å². The number of hydrogen-bond acceptors (Lipinski definition) is 4. The number of carbonyl (C=O) groups is 2. The van der Waals surface area contributed by atoms with Gasteiger partial charge in [-0.05, 0) is 64.5 Å². The van der Waals surface area contributed by atoms with Crippen molar-refractivity contribution in [3.05, 3.63) is 36.6 Å². The highest BCUT2D eigenvalue weighted by Gasteiger charge is 2.43. The highest BCUT2D eigenvalue weighted by atomic mass is 16.6. The first-order valence-corrected chi connectivity index (χ1v) is 9.49. The monoisotopic (exact) mass is 373 g/mol. The first-order chi connectivity index (χ1) is 12.7. The van der Waals surface area contributed by atoms with Crippen molar-refractivity contribution in [2.24, 2.45) is 16.8 Å². The molecule has 1 fully saturated rings. The van der Waals surface area contributed by atoms with E-state index in [2.05, 4.69) is 22.2 Å². The van der Waals surface area contributed by atoms with Gasteiger partial charge in [-0.15, -0.1) is 0 Å². The fourth-order valence-corrected chi connectivity index (χ4v) is 2.90. The van der Waals surface area contributed by atoms with Gasteiger partial charge in [-0.2, -0.15) is 0 Å². The van der Waals surface area contributed by atoms with Crippen molar-refractivity contribution in [3.63, 3.8) is 0 Å². The quantitative estimate of drug-likeness (QED) is 0.690. The van der Waals surface area contributed by atoms with Gasteiger partial charge in [0, 0.05) is 24.4 Å². The Labute approximate surface area is 161 Å². The molecule has 1 heterocycles. The van der Waals surface area contributed by atoms with Gasteiger partial charge in [-0.25, -0.2) is 4.79 Å². The molecule has 1 aliphatic carbocycles. The van der Waals surface area contributed by atoms with Crippen LogP contribution in [0, 0.1) is 11.8 Å². The molecule has 1 aliphatic heterocycles. The third kappa shape index (κ3) is 7.04. The molecule has 6 heteroatoms. The van der Waals surface area contributed by atoms with Gasteiger partial charge >= 0.3 is 6.09 Å². The summed E-state index contributed by atoms with van der Waals surface area (Å²) in [5, 5.41) is 5.85. The molecule has 0 aromatic carbocycles. The number of rotatable bonds is 1. The van der Waals surface area contributed by atoms with E-state index in [0.29, 0.717) is 13.0 Å². The SMILES string of the molecule is C=C1/C=C\N=C(C)[C@@H](NC(=O)OC(C)(C)C)C/C=C/CCNC(=O)C2C[C@@H]12. The Morgan fingerprint density at radius 3 is 2.78 bits per heavy atom. The number of aliphatic imine (C=N–C) groups is 1. The molecule has 1 unspecified atom stereocenters. The van der Waals surface area contributed by atoms with E-state index in [1.165, 1.54) is 0 Å². The average molecular weight is 373 g/mol. The van der Waals surface area contributed by atoms with E-state index in [4.69, 9.17) is 4.74 Å². The number of nitrogens with one attached hydrogen (secondary N) is 2. The van der Waals surface area contributed by atoms with Crippen molar-refractivity contribution in [2.45, 2.75) is 58.6 Å². The molecule has 148 valence electrons. The van der Waals surface area contributed by atoms with Crippen LogP contribution in [0.4, 0.5) is 4.79 Å². The number of carbonyl (C=O) groups excluding carboxylic acids is 2. The first kappa shape index (κ1) is 20.9. The lowest BCUT2D eigenvalue weighted by Gasteiger charge is -2.23. The van der Waals surface area contributed by atoms with E-state index in [-0.39, 0.29) is 23.8 Å². The summed E-state index contributed by atoms with van der Waals surface area (Å²) >= 11 is 0. The predicted molar refractivity (Wildman–Crippen MR) is 108 cm³/mol. The van der Waals surface area contributed by atoms with Gasteiger partial charge in [0.05, 0.1) is 6.04 Å². The topological polar surface area (TPSA) is 79.8 Å². The van der Waals surface area contributed by atoms with E-state index >= 15 is 0 Å². The second kappa shape index (κ2) is 9.02. The van der Waals surface area contributed by atoms with E-state index in [0.717, 1.165) is 24.1 Å². The summed E-state index contributed by atoms with van der Waals surface area (Å²) < 4.78 is 5.35. The van der Waals surface area contributed by atoms with Crippen LogP contribution in [0.5, 0.6) is 0 Å². The van der Waals surface area contributed by atoms with Crippen LogP contribution in [-0.2, 0) is 9.53 Å². The normalized spacial score (nSPS) is 29.2. The molecular weight excluding hydrogens is 342 g/mol. The Morgan fingerprint density at radius 2 is 2.07 bits per heavy atom. The molecule has 0 aromatic rings. The van der Waals surface area contributed by atoms with Crippen molar-refractivity contribution in [1.29, 1.82) is 0 Å². The van der Waals surface area contributed by atoms with E-state index in [1.807, 2.05) is 45.9 Å². The molecule has 2 rings (SSSR count). The van der Waals surface area contributed by atoms with Gasteiger partial charge in [0.15, 0.2) is 0 Å². The molecule has 6 nitrogen and oxygen atoms in total. The number of fused-ring (bicyclic) bond motifs is 1. The summed E-state index contributed by atoms with van der Waals surface area (Å²) in [6.07, 6.45) is 9.27. The molecule has 0 saturated heterocycles. The number of ether oxygens (including phenoxy) is 1. The van der Waals surface area contributed by atoms with Crippen molar-refractivity contribution in [3.8, 4) is 0 Å². The standard InChI is InChI=1S/C21H31N3O3/c1-14-10-12-22-15(2)18(24-20(26)27-21(3,4)5)9-7-6-8-11-23-19(25)17-13-16(14)17/h6-7,10,12,16-18H,1,8-9,11,13H2,2-5H3,(H,23,25)(H,24,26)/b7-6+,12-10-,22-15?/t16-,17?,18-/m0/s1. The number of hydrogen-bond donors (Lipinski definition) is 2. The number of amides is 2. The van der Waals surface area contributed by atoms with Crippen molar-refractivity contribution in [1.82, 2.24) is 10.6 Å². The molecule has 2 amide bonds. The molecule has 0 bridgehead atoms. The lowest BCUT2D eigenvalue weighted by atomic mass is 10.1. The molecule has 27 heavy (non-hydrogen) atoms. The molecule has 0 radical (unpaired) electrons. The Kier molecular flexibility index (Phi) is 6.99. The second-order valence-corrected chi connectivity index (χ2v) is 8.10. The Morgan fingerprint density at radius 1 is 1.33 bits per heavy atom. The lowest BCUT2D eigenvalue weighted by molar-refractivity contribution is -0.122. The zero-order chi connectivity index (χ0) is 20.0. The second-order valence-electron chi connectivity index (χ2n) is 8.10. The number of allylic oxidation sites excluding steroid dienone is 2. The summed E-state index contributed by atoms with van der Waals surface area (Å²) in [6, 6.07) is -0.262. The van der Waals surface area contributed by atoms with Crippen LogP contribution in [0.25, 0.3) is 0 Å². The maximum atomic E-state index is 12.1. The summed E-state index contributed by atoms with van der Waals surface area (Å²) in [5.41, 5.74) is 1.14. The minimum absolute atomic E-state index is 0.0305. The molecule has 2 N–H and O–H groups in total. The minimum Gasteiger partial charge on any atom is -0.444 e. The lowest BCUT2D eigenvalue weighted by Crippen LogP contribution is -2.42. The predicted octanol–water partition coefficient (Wildman–Crippen LogP) is 3.51. The van der Waals surface area contributed by atoms with Crippen molar-refractivity contribution in [2.75, 3.05) is 6.54 Å². The highest BCUT2D eigenvalue weighted by molar-refractivity contribution is 5.90. The highest BCUT2D eigenvalue weighted by Crippen LogP contribution is 2.44. The molecule has 0 spiro atoms. The van der Waals surface area contributed by atoms with Crippen LogP contribution in [0.2, 0.25) is 0 Å². The van der Waals surface area contributed by atoms with Crippen molar-refractivity contribution >= 4 is 17.7 Å². The Bertz CT molecular complexity index is 671. The molecule has 3 atom stereocenters. The molecule has 1 saturated carbocycles. The third-order valence-corrected chi connectivity index (χ3v) is 4.51. The summed E-state index contributed by atoms with van der Waals surface area (Å²) in [5.74, 6) is 0.331. The third-order valence-electron chi connectivity index (χ3n) is 4.51. The van der Waals surface area contributed by atoms with E-state index in [9.17, 15) is 9.59 Å². The minimum atomic E-state index is -0.554. The smallest absolute Gasteiger partial charge is 0.408 e. The number of alkyl carbamates (subject to hydrolysis) is 1. The van der Waals surface area contributed by atoms with Gasteiger partial charge in [-0.1, -0.05) is 18.7 Å². The van der Waals surface area contributed by atoms with Crippen LogP contribution in [0.15, 0.2) is 41.6 Å². The van der Waals surface area contributed by atoms with Gasteiger partial charge in [0.2, 0.25) is 5.91 Å². The maximum Gasteiger partial charge on any atom is 0.408 e. The molecular formula is C21H31N3O3. The summed E-state index contributed by atoms with van der Waals surface area (Å²) in [4.78, 5) is 28.7. The zero-order valence-electron chi connectivity index (χ0n) is 16.7. The van der Waals surface area contributed by atoms with Crippen LogP contribution in [0.3, 0.4) is 0 Å². The fourth-order valence-electron chi connectivity index (χ4n) is 2.90. The summed E-state index contributed by atoms with van der Waals surface area (Å²) in [7, 11) is 0. The summed E-state index contributed by atoms with van der Waals surface area (Å²) in [6.45, 7) is 12.0. The largest absolute Gasteiger partial charge is 0.444 e. The van der Waals surface area contributed by atoms with Crippen LogP contribution < -0.4 is 10.6 Å². The van der Waals surface area contributed by atoms with Crippen LogP contribution >= 0.6 is 0 Å². The van der Waals surface area contributed by atoms with E-state index < -0.39 is 11.7 Å².